The van der Waals surface area contributed by atoms with Crippen molar-refractivity contribution in [2.75, 3.05) is 40.8 Å². The number of amides is 1. The molecule has 2 atom stereocenters. The lowest BCUT2D eigenvalue weighted by molar-refractivity contribution is 0.0635. The second-order valence-electron chi connectivity index (χ2n) is 8.34. The van der Waals surface area contributed by atoms with Crippen molar-refractivity contribution >= 4 is 15.9 Å². The molecule has 0 aromatic heterocycles. The average molecular weight is 424 g/mol. The van der Waals surface area contributed by atoms with Crippen molar-refractivity contribution in [1.82, 2.24) is 14.1 Å². The number of ether oxygens (including phenoxy) is 1. The number of likely N-dealkylation sites (tertiary alicyclic amines) is 1. The molecule has 0 saturated carbocycles. The summed E-state index contributed by atoms with van der Waals surface area (Å²) in [5.74, 6) is 0.159. The van der Waals surface area contributed by atoms with Gasteiger partial charge in [0.1, 0.15) is 10.6 Å². The van der Waals surface area contributed by atoms with Gasteiger partial charge < -0.3 is 14.5 Å². The van der Waals surface area contributed by atoms with E-state index in [1.54, 1.807) is 16.4 Å². The predicted molar refractivity (Wildman–Crippen MR) is 113 cm³/mol. The van der Waals surface area contributed by atoms with Crippen LogP contribution in [0.15, 0.2) is 23.1 Å². The van der Waals surface area contributed by atoms with E-state index >= 15 is 0 Å². The standard InChI is InChI=1S/C21H33N3O4S/c1-16-8-5-6-13-24(16)29(26,27)20-14-17(10-11-19(20)28-4)21(25)23-12-7-9-18(15-23)22(2)3/h10-11,14,16,18H,5-9,12-13,15H2,1-4H3. The van der Waals surface area contributed by atoms with Gasteiger partial charge in [0.25, 0.3) is 5.91 Å². The zero-order valence-corrected chi connectivity index (χ0v) is 18.7. The van der Waals surface area contributed by atoms with Crippen LogP contribution in [0.4, 0.5) is 0 Å². The molecule has 0 spiro atoms. The first-order valence-electron chi connectivity index (χ1n) is 10.4. The van der Waals surface area contributed by atoms with Gasteiger partial charge in [0.2, 0.25) is 10.0 Å². The number of carbonyl (C=O) groups is 1. The summed E-state index contributed by atoms with van der Waals surface area (Å²) in [7, 11) is 1.77. The number of hydrogen-bond donors (Lipinski definition) is 0. The fraction of sp³-hybridized carbons (Fsp3) is 0.667. The van der Waals surface area contributed by atoms with Crippen LogP contribution in [0.5, 0.6) is 5.75 Å². The number of carbonyl (C=O) groups excluding carboxylic acids is 1. The average Bonchev–Trinajstić information content (AvgIpc) is 2.73. The first-order valence-corrected chi connectivity index (χ1v) is 11.8. The number of sulfonamides is 1. The van der Waals surface area contributed by atoms with Gasteiger partial charge in [0.05, 0.1) is 7.11 Å². The van der Waals surface area contributed by atoms with Crippen LogP contribution in [-0.4, -0.2) is 81.4 Å². The number of hydrogen-bond acceptors (Lipinski definition) is 5. The van der Waals surface area contributed by atoms with Gasteiger partial charge in [-0.2, -0.15) is 4.31 Å². The summed E-state index contributed by atoms with van der Waals surface area (Å²) in [5, 5.41) is 0. The van der Waals surface area contributed by atoms with Crippen LogP contribution in [0, 0.1) is 0 Å². The second-order valence-corrected chi connectivity index (χ2v) is 10.2. The van der Waals surface area contributed by atoms with Gasteiger partial charge in [-0.05, 0) is 64.9 Å². The summed E-state index contributed by atoms with van der Waals surface area (Å²) in [4.78, 5) is 17.2. The number of nitrogens with zero attached hydrogens (tertiary/aromatic N) is 3. The molecular weight excluding hydrogens is 390 g/mol. The quantitative estimate of drug-likeness (QED) is 0.727. The largest absolute Gasteiger partial charge is 0.495 e. The Balaban J connectivity index is 1.91. The third-order valence-electron chi connectivity index (χ3n) is 6.15. The molecule has 2 unspecified atom stereocenters. The molecule has 8 heteroatoms. The molecule has 2 saturated heterocycles. The summed E-state index contributed by atoms with van der Waals surface area (Å²) < 4.78 is 33.7. The van der Waals surface area contributed by atoms with Gasteiger partial charge >= 0.3 is 0 Å². The normalized spacial score (nSPS) is 24.0. The fourth-order valence-electron chi connectivity index (χ4n) is 4.31. The topological polar surface area (TPSA) is 70.2 Å². The van der Waals surface area contributed by atoms with Crippen LogP contribution in [0.25, 0.3) is 0 Å². The molecule has 2 aliphatic heterocycles. The summed E-state index contributed by atoms with van der Waals surface area (Å²) in [6.07, 6.45) is 4.74. The van der Waals surface area contributed by atoms with Crippen LogP contribution in [-0.2, 0) is 10.0 Å². The molecule has 162 valence electrons. The molecule has 2 fully saturated rings. The highest BCUT2D eigenvalue weighted by atomic mass is 32.2. The lowest BCUT2D eigenvalue weighted by Crippen LogP contribution is -2.47. The highest BCUT2D eigenvalue weighted by Gasteiger charge is 2.34. The van der Waals surface area contributed by atoms with Gasteiger partial charge in [-0.1, -0.05) is 6.42 Å². The summed E-state index contributed by atoms with van der Waals surface area (Å²) in [6, 6.07) is 5.03. The van der Waals surface area contributed by atoms with Gasteiger partial charge in [-0.3, -0.25) is 4.79 Å². The Bertz CT molecular complexity index is 840. The summed E-state index contributed by atoms with van der Waals surface area (Å²) in [5.41, 5.74) is 0.397. The van der Waals surface area contributed by atoms with E-state index in [1.807, 2.05) is 25.9 Å². The van der Waals surface area contributed by atoms with Crippen LogP contribution >= 0.6 is 0 Å². The molecule has 7 nitrogen and oxygen atoms in total. The molecule has 2 heterocycles. The summed E-state index contributed by atoms with van der Waals surface area (Å²) >= 11 is 0. The Kier molecular flexibility index (Phi) is 6.86. The van der Waals surface area contributed by atoms with E-state index in [0.29, 0.717) is 31.2 Å². The molecule has 1 aromatic rings. The maximum atomic E-state index is 13.4. The van der Waals surface area contributed by atoms with E-state index in [2.05, 4.69) is 4.90 Å². The van der Waals surface area contributed by atoms with E-state index in [9.17, 15) is 13.2 Å². The minimum absolute atomic E-state index is 0.0549. The molecule has 2 aliphatic rings. The van der Waals surface area contributed by atoms with Crippen LogP contribution < -0.4 is 4.74 Å². The second kappa shape index (κ2) is 9.02. The van der Waals surface area contributed by atoms with Crippen LogP contribution in [0.1, 0.15) is 49.4 Å². The number of likely N-dealkylation sites (N-methyl/N-ethyl adjacent to an activating group) is 1. The fourth-order valence-corrected chi connectivity index (χ4v) is 6.19. The lowest BCUT2D eigenvalue weighted by Gasteiger charge is -2.36. The number of methoxy groups -OCH3 is 1. The molecule has 0 radical (unpaired) electrons. The Labute approximate surface area is 174 Å². The molecule has 29 heavy (non-hydrogen) atoms. The van der Waals surface area contributed by atoms with Crippen molar-refractivity contribution in [2.24, 2.45) is 0 Å². The highest BCUT2D eigenvalue weighted by molar-refractivity contribution is 7.89. The van der Waals surface area contributed by atoms with Crippen LogP contribution in [0.3, 0.4) is 0 Å². The molecule has 1 amide bonds. The van der Waals surface area contributed by atoms with Crippen molar-refractivity contribution in [3.8, 4) is 5.75 Å². The van der Waals surface area contributed by atoms with Gasteiger partial charge in [-0.15, -0.1) is 0 Å². The van der Waals surface area contributed by atoms with E-state index < -0.39 is 10.0 Å². The third-order valence-corrected chi connectivity index (χ3v) is 8.19. The Morgan fingerprint density at radius 1 is 1.14 bits per heavy atom. The maximum absolute atomic E-state index is 13.4. The van der Waals surface area contributed by atoms with Gasteiger partial charge in [-0.25, -0.2) is 8.42 Å². The first-order chi connectivity index (χ1) is 13.8. The SMILES string of the molecule is COc1ccc(C(=O)N2CCCC(N(C)C)C2)cc1S(=O)(=O)N1CCCCC1C. The number of rotatable bonds is 5. The molecule has 0 bridgehead atoms. The smallest absolute Gasteiger partial charge is 0.253 e. The lowest BCUT2D eigenvalue weighted by atomic mass is 10.0. The van der Waals surface area contributed by atoms with Crippen molar-refractivity contribution in [3.05, 3.63) is 23.8 Å². The van der Waals surface area contributed by atoms with Crippen molar-refractivity contribution in [3.63, 3.8) is 0 Å². The minimum atomic E-state index is -3.74. The Morgan fingerprint density at radius 2 is 1.90 bits per heavy atom. The van der Waals surface area contributed by atoms with Crippen molar-refractivity contribution in [1.29, 1.82) is 0 Å². The zero-order chi connectivity index (χ0) is 21.2. The number of benzene rings is 1. The molecular formula is C21H33N3O4S. The monoisotopic (exact) mass is 423 g/mol. The van der Waals surface area contributed by atoms with E-state index in [4.69, 9.17) is 4.74 Å². The molecule has 3 rings (SSSR count). The molecule has 0 N–H and O–H groups in total. The van der Waals surface area contributed by atoms with Gasteiger partial charge in [0, 0.05) is 37.3 Å². The molecule has 0 aliphatic carbocycles. The van der Waals surface area contributed by atoms with Crippen molar-refractivity contribution < 1.29 is 17.9 Å². The zero-order valence-electron chi connectivity index (χ0n) is 17.9. The maximum Gasteiger partial charge on any atom is 0.253 e. The summed E-state index contributed by atoms with van der Waals surface area (Å²) in [6.45, 7) is 3.79. The van der Waals surface area contributed by atoms with Crippen LogP contribution in [0.2, 0.25) is 0 Å². The van der Waals surface area contributed by atoms with E-state index in [0.717, 1.165) is 32.1 Å². The molecule has 1 aromatic carbocycles. The Hall–Kier alpha value is -1.64. The highest BCUT2D eigenvalue weighted by Crippen LogP contribution is 2.32. The van der Waals surface area contributed by atoms with E-state index in [1.165, 1.54) is 13.2 Å². The number of piperidine rings is 2. The van der Waals surface area contributed by atoms with E-state index in [-0.39, 0.29) is 22.6 Å². The minimum Gasteiger partial charge on any atom is -0.495 e. The third kappa shape index (κ3) is 4.59. The predicted octanol–water partition coefficient (Wildman–Crippen LogP) is 2.42. The Morgan fingerprint density at radius 3 is 2.55 bits per heavy atom. The first kappa shape index (κ1) is 22.1. The van der Waals surface area contributed by atoms with Crippen molar-refractivity contribution in [2.45, 2.75) is 56.0 Å². The van der Waals surface area contributed by atoms with Gasteiger partial charge in [0.15, 0.2) is 0 Å².